The predicted octanol–water partition coefficient (Wildman–Crippen LogP) is 5.39. The topological polar surface area (TPSA) is 111 Å². The minimum absolute atomic E-state index is 0.0433. The summed E-state index contributed by atoms with van der Waals surface area (Å²) < 4.78 is 10.5. The number of hydrogen-bond donors (Lipinski definition) is 2. The van der Waals surface area contributed by atoms with Crippen molar-refractivity contribution in [3.05, 3.63) is 23.8 Å². The third-order valence-electron chi connectivity index (χ3n) is 7.65. The van der Waals surface area contributed by atoms with Crippen molar-refractivity contribution in [2.24, 2.45) is 23.7 Å². The van der Waals surface area contributed by atoms with Crippen LogP contribution in [0.4, 0.5) is 11.4 Å². The lowest BCUT2D eigenvalue weighted by atomic mass is 9.79. The molecule has 2 saturated carbocycles. The molecule has 1 aromatic carbocycles. The Morgan fingerprint density at radius 2 is 1.22 bits per heavy atom. The maximum Gasteiger partial charge on any atom is 0.318 e. The van der Waals surface area contributed by atoms with E-state index in [2.05, 4.69) is 10.6 Å². The third-order valence-corrected chi connectivity index (χ3v) is 7.65. The van der Waals surface area contributed by atoms with Gasteiger partial charge in [-0.1, -0.05) is 44.6 Å². The Morgan fingerprint density at radius 1 is 0.757 bits per heavy atom. The Kier molecular flexibility index (Phi) is 11.0. The molecule has 0 saturated heterocycles. The first-order valence-electron chi connectivity index (χ1n) is 13.9. The smallest absolute Gasteiger partial charge is 0.318 e. The van der Waals surface area contributed by atoms with Crippen molar-refractivity contribution >= 4 is 35.1 Å². The molecule has 2 N–H and O–H groups in total. The maximum absolute atomic E-state index is 13.3. The Labute approximate surface area is 220 Å². The summed E-state index contributed by atoms with van der Waals surface area (Å²) >= 11 is 0. The molecule has 1 aromatic rings. The molecule has 2 unspecified atom stereocenters. The van der Waals surface area contributed by atoms with Gasteiger partial charge in [-0.25, -0.2) is 0 Å². The van der Waals surface area contributed by atoms with E-state index in [0.29, 0.717) is 11.4 Å². The number of esters is 2. The van der Waals surface area contributed by atoms with Gasteiger partial charge in [0, 0.05) is 11.4 Å². The highest BCUT2D eigenvalue weighted by atomic mass is 16.5. The summed E-state index contributed by atoms with van der Waals surface area (Å²) in [5.41, 5.74) is 1.78. The highest BCUT2D eigenvalue weighted by Gasteiger charge is 2.38. The standard InChI is InChI=1S/C29H42N2O6/c1-4-36-28(34)24(20-12-8-6-9-13-20)26(32)30-22-17-16-19(3)23(18-22)31-27(33)25(29(35)37-5-2)21-14-10-7-11-15-21/h16-18,20-21,24-25H,4-15H2,1-3H3,(H,30,32)(H,31,33). The molecule has 0 aliphatic heterocycles. The highest BCUT2D eigenvalue weighted by molar-refractivity contribution is 6.07. The summed E-state index contributed by atoms with van der Waals surface area (Å²) in [5, 5.41) is 5.79. The number of hydrogen-bond acceptors (Lipinski definition) is 6. The molecule has 2 fully saturated rings. The van der Waals surface area contributed by atoms with E-state index < -0.39 is 29.7 Å². The van der Waals surface area contributed by atoms with E-state index in [-0.39, 0.29) is 31.0 Å². The molecule has 8 heteroatoms. The lowest BCUT2D eigenvalue weighted by Crippen LogP contribution is -2.38. The van der Waals surface area contributed by atoms with Crippen LogP contribution in [0.25, 0.3) is 0 Å². The fourth-order valence-electron chi connectivity index (χ4n) is 5.69. The average molecular weight is 515 g/mol. The summed E-state index contributed by atoms with van der Waals surface area (Å²) in [6.45, 7) is 5.77. The summed E-state index contributed by atoms with van der Waals surface area (Å²) in [6.07, 6.45) is 9.50. The van der Waals surface area contributed by atoms with E-state index >= 15 is 0 Å². The molecule has 204 valence electrons. The van der Waals surface area contributed by atoms with Gasteiger partial charge in [-0.2, -0.15) is 0 Å². The van der Waals surface area contributed by atoms with Crippen molar-refractivity contribution in [1.29, 1.82) is 0 Å². The molecule has 0 radical (unpaired) electrons. The van der Waals surface area contributed by atoms with Crippen LogP contribution >= 0.6 is 0 Å². The Hall–Kier alpha value is -2.90. The fraction of sp³-hybridized carbons (Fsp3) is 0.655. The van der Waals surface area contributed by atoms with Gasteiger partial charge < -0.3 is 20.1 Å². The predicted molar refractivity (Wildman–Crippen MR) is 142 cm³/mol. The number of anilines is 2. The van der Waals surface area contributed by atoms with Crippen molar-refractivity contribution in [2.45, 2.75) is 85.0 Å². The van der Waals surface area contributed by atoms with E-state index in [4.69, 9.17) is 9.47 Å². The quantitative estimate of drug-likeness (QED) is 0.320. The monoisotopic (exact) mass is 514 g/mol. The molecule has 37 heavy (non-hydrogen) atoms. The molecule has 2 aliphatic rings. The molecule has 0 spiro atoms. The number of aryl methyl sites for hydroxylation is 1. The lowest BCUT2D eigenvalue weighted by molar-refractivity contribution is -0.155. The minimum Gasteiger partial charge on any atom is -0.465 e. The minimum atomic E-state index is -0.864. The first-order chi connectivity index (χ1) is 17.8. The van der Waals surface area contributed by atoms with Crippen LogP contribution in [0.15, 0.2) is 18.2 Å². The first-order valence-corrected chi connectivity index (χ1v) is 13.9. The molecular formula is C29H42N2O6. The average Bonchev–Trinajstić information content (AvgIpc) is 2.88. The van der Waals surface area contributed by atoms with Crippen LogP contribution in [0.2, 0.25) is 0 Å². The first kappa shape index (κ1) is 28.7. The van der Waals surface area contributed by atoms with Crippen molar-refractivity contribution in [1.82, 2.24) is 0 Å². The summed E-state index contributed by atoms with van der Waals surface area (Å²) in [7, 11) is 0. The van der Waals surface area contributed by atoms with Crippen LogP contribution in [0, 0.1) is 30.6 Å². The van der Waals surface area contributed by atoms with Crippen molar-refractivity contribution in [3.63, 3.8) is 0 Å². The molecule has 0 heterocycles. The van der Waals surface area contributed by atoms with Gasteiger partial charge in [0.1, 0.15) is 11.8 Å². The second kappa shape index (κ2) is 14.1. The largest absolute Gasteiger partial charge is 0.465 e. The number of nitrogens with one attached hydrogen (secondary N) is 2. The summed E-state index contributed by atoms with van der Waals surface area (Å²) in [6, 6.07) is 5.22. The number of carbonyl (C=O) groups excluding carboxylic acids is 4. The molecule has 3 rings (SSSR count). The second-order valence-electron chi connectivity index (χ2n) is 10.3. The van der Waals surface area contributed by atoms with E-state index in [1.54, 1.807) is 32.0 Å². The van der Waals surface area contributed by atoms with Crippen molar-refractivity contribution < 1.29 is 28.7 Å². The van der Waals surface area contributed by atoms with E-state index in [1.807, 2.05) is 6.92 Å². The molecule has 2 amide bonds. The molecular weight excluding hydrogens is 472 g/mol. The molecule has 0 aromatic heterocycles. The number of rotatable bonds is 10. The van der Waals surface area contributed by atoms with Gasteiger partial charge in [0.25, 0.3) is 0 Å². The highest BCUT2D eigenvalue weighted by Crippen LogP contribution is 2.34. The Balaban J connectivity index is 1.76. The molecule has 2 aliphatic carbocycles. The van der Waals surface area contributed by atoms with Crippen molar-refractivity contribution in [2.75, 3.05) is 23.8 Å². The normalized spacial score (nSPS) is 18.4. The van der Waals surface area contributed by atoms with Crippen LogP contribution < -0.4 is 10.6 Å². The van der Waals surface area contributed by atoms with Gasteiger partial charge in [-0.15, -0.1) is 0 Å². The zero-order valence-electron chi connectivity index (χ0n) is 22.5. The van der Waals surface area contributed by atoms with Crippen LogP contribution in [0.3, 0.4) is 0 Å². The fourth-order valence-corrected chi connectivity index (χ4v) is 5.69. The van der Waals surface area contributed by atoms with E-state index in [1.165, 1.54) is 0 Å². The van der Waals surface area contributed by atoms with Gasteiger partial charge >= 0.3 is 11.9 Å². The van der Waals surface area contributed by atoms with Gasteiger partial charge in [-0.3, -0.25) is 19.2 Å². The van der Waals surface area contributed by atoms with Gasteiger partial charge in [0.2, 0.25) is 11.8 Å². The molecule has 8 nitrogen and oxygen atoms in total. The van der Waals surface area contributed by atoms with Gasteiger partial charge in [0.05, 0.1) is 13.2 Å². The van der Waals surface area contributed by atoms with Crippen LogP contribution in [-0.2, 0) is 28.7 Å². The lowest BCUT2D eigenvalue weighted by Gasteiger charge is -2.28. The van der Waals surface area contributed by atoms with Crippen LogP contribution in [0.5, 0.6) is 0 Å². The number of benzene rings is 1. The van der Waals surface area contributed by atoms with Crippen LogP contribution in [0.1, 0.15) is 83.6 Å². The third kappa shape index (κ3) is 7.79. The van der Waals surface area contributed by atoms with Gasteiger partial charge in [-0.05, 0) is 76.0 Å². The number of ether oxygens (including phenoxy) is 2. The molecule has 0 bridgehead atoms. The SMILES string of the molecule is CCOC(=O)C(C(=O)Nc1ccc(C)c(NC(=O)C(C(=O)OCC)C2CCCCC2)c1)C1CCCCC1. The van der Waals surface area contributed by atoms with E-state index in [9.17, 15) is 19.2 Å². The second-order valence-corrected chi connectivity index (χ2v) is 10.3. The van der Waals surface area contributed by atoms with Gasteiger partial charge in [0.15, 0.2) is 0 Å². The number of amides is 2. The number of carbonyl (C=O) groups is 4. The van der Waals surface area contributed by atoms with E-state index in [0.717, 1.165) is 69.8 Å². The zero-order valence-corrected chi connectivity index (χ0v) is 22.5. The Morgan fingerprint density at radius 3 is 1.68 bits per heavy atom. The summed E-state index contributed by atoms with van der Waals surface area (Å²) in [5.74, 6) is -3.57. The van der Waals surface area contributed by atoms with Crippen LogP contribution in [-0.4, -0.2) is 37.0 Å². The summed E-state index contributed by atoms with van der Waals surface area (Å²) in [4.78, 5) is 52.0. The Bertz CT molecular complexity index is 950. The molecule has 2 atom stereocenters. The maximum atomic E-state index is 13.3. The van der Waals surface area contributed by atoms with Crippen molar-refractivity contribution in [3.8, 4) is 0 Å². The zero-order chi connectivity index (χ0) is 26.8.